The summed E-state index contributed by atoms with van der Waals surface area (Å²) in [4.78, 5) is 24.4. The maximum absolute atomic E-state index is 10.4. The van der Waals surface area contributed by atoms with E-state index in [-0.39, 0.29) is 5.71 Å². The van der Waals surface area contributed by atoms with Crippen molar-refractivity contribution in [3.63, 3.8) is 0 Å². The number of carboxylic acids is 2. The van der Waals surface area contributed by atoms with Gasteiger partial charge in [0.1, 0.15) is 5.71 Å². The molecule has 1 heterocycles. The van der Waals surface area contributed by atoms with Gasteiger partial charge in [0.15, 0.2) is 6.04 Å². The van der Waals surface area contributed by atoms with Crippen molar-refractivity contribution in [2.45, 2.75) is 6.04 Å². The van der Waals surface area contributed by atoms with Crippen LogP contribution in [-0.2, 0) is 9.59 Å². The predicted molar refractivity (Wildman–Crippen MR) is 43.8 cm³/mol. The van der Waals surface area contributed by atoms with E-state index in [1.165, 1.54) is 11.8 Å². The van der Waals surface area contributed by atoms with Crippen LogP contribution in [0.3, 0.4) is 0 Å². The lowest BCUT2D eigenvalue weighted by Crippen LogP contribution is -2.30. The molecule has 1 aliphatic heterocycles. The molecule has 1 aliphatic rings. The molecule has 0 aliphatic carbocycles. The summed E-state index contributed by atoms with van der Waals surface area (Å²) in [5, 5.41) is 17.0. The van der Waals surface area contributed by atoms with Gasteiger partial charge in [-0.2, -0.15) is 11.8 Å². The molecule has 0 saturated carbocycles. The van der Waals surface area contributed by atoms with Crippen molar-refractivity contribution in [2.24, 2.45) is 4.99 Å². The van der Waals surface area contributed by atoms with E-state index in [1.54, 1.807) is 0 Å². The van der Waals surface area contributed by atoms with Crippen molar-refractivity contribution in [1.29, 1.82) is 0 Å². The lowest BCUT2D eigenvalue weighted by molar-refractivity contribution is -0.137. The van der Waals surface area contributed by atoms with Crippen LogP contribution in [0.2, 0.25) is 0 Å². The number of carboxylic acid groups (broad SMARTS) is 2. The zero-order valence-electron chi connectivity index (χ0n) is 6.06. The van der Waals surface area contributed by atoms with Crippen LogP contribution < -0.4 is 0 Å². The number of aliphatic carboxylic acids is 2. The largest absolute Gasteiger partial charge is 0.480 e. The molecule has 66 valence electrons. The summed E-state index contributed by atoms with van der Waals surface area (Å²) < 4.78 is 0. The molecule has 1 atom stereocenters. The molecule has 0 aromatic heterocycles. The first-order valence-corrected chi connectivity index (χ1v) is 4.37. The van der Waals surface area contributed by atoms with Crippen molar-refractivity contribution < 1.29 is 19.8 Å². The average molecular weight is 189 g/mol. The standard InChI is InChI=1S/C6H7NO4S/c8-5(9)3-1-12-2-4(7-3)6(10)11/h3H,1-2H2,(H,8,9)(H,10,11). The molecule has 6 heteroatoms. The Bertz CT molecular complexity index is 250. The van der Waals surface area contributed by atoms with E-state index in [0.717, 1.165) is 0 Å². The van der Waals surface area contributed by atoms with Gasteiger partial charge in [-0.05, 0) is 0 Å². The molecule has 2 N–H and O–H groups in total. The molecular formula is C6H7NO4S. The fourth-order valence-corrected chi connectivity index (χ4v) is 1.72. The van der Waals surface area contributed by atoms with Gasteiger partial charge in [0.25, 0.3) is 0 Å². The molecule has 0 radical (unpaired) electrons. The van der Waals surface area contributed by atoms with Gasteiger partial charge >= 0.3 is 11.9 Å². The van der Waals surface area contributed by atoms with Crippen molar-refractivity contribution >= 4 is 29.4 Å². The zero-order chi connectivity index (χ0) is 9.14. The highest BCUT2D eigenvalue weighted by molar-refractivity contribution is 8.00. The van der Waals surface area contributed by atoms with E-state index in [0.29, 0.717) is 11.5 Å². The fraction of sp³-hybridized carbons (Fsp3) is 0.500. The zero-order valence-corrected chi connectivity index (χ0v) is 6.87. The van der Waals surface area contributed by atoms with E-state index in [1.807, 2.05) is 0 Å². The molecule has 0 bridgehead atoms. The van der Waals surface area contributed by atoms with Gasteiger partial charge < -0.3 is 10.2 Å². The van der Waals surface area contributed by atoms with E-state index in [9.17, 15) is 9.59 Å². The molecule has 0 saturated heterocycles. The summed E-state index contributed by atoms with van der Waals surface area (Å²) >= 11 is 1.28. The Morgan fingerprint density at radius 2 is 2.17 bits per heavy atom. The fourth-order valence-electron chi connectivity index (χ4n) is 0.773. The average Bonchev–Trinajstić information content (AvgIpc) is 2.04. The summed E-state index contributed by atoms with van der Waals surface area (Å²) in [6.07, 6.45) is 0. The number of aliphatic imine (C=N–C) groups is 1. The number of hydrogen-bond donors (Lipinski definition) is 2. The van der Waals surface area contributed by atoms with Gasteiger partial charge in [-0.1, -0.05) is 0 Å². The van der Waals surface area contributed by atoms with Gasteiger partial charge in [-0.3, -0.25) is 4.99 Å². The van der Waals surface area contributed by atoms with Gasteiger partial charge in [-0.25, -0.2) is 9.59 Å². The summed E-state index contributed by atoms with van der Waals surface area (Å²) in [5.41, 5.74) is -0.0568. The summed E-state index contributed by atoms with van der Waals surface area (Å²) in [5.74, 6) is -1.56. The molecule has 0 spiro atoms. The van der Waals surface area contributed by atoms with E-state index >= 15 is 0 Å². The Morgan fingerprint density at radius 3 is 2.67 bits per heavy atom. The lowest BCUT2D eigenvalue weighted by Gasteiger charge is -2.13. The molecular weight excluding hydrogens is 182 g/mol. The summed E-state index contributed by atoms with van der Waals surface area (Å²) in [6, 6.07) is -0.894. The second kappa shape index (κ2) is 3.57. The predicted octanol–water partition coefficient (Wildman–Crippen LogP) is -0.288. The molecule has 1 unspecified atom stereocenters. The minimum atomic E-state index is -1.13. The van der Waals surface area contributed by atoms with Crippen LogP contribution in [-0.4, -0.2) is 45.4 Å². The molecule has 0 aromatic rings. The van der Waals surface area contributed by atoms with Crippen molar-refractivity contribution in [3.8, 4) is 0 Å². The van der Waals surface area contributed by atoms with Gasteiger partial charge in [-0.15, -0.1) is 0 Å². The van der Waals surface area contributed by atoms with Crippen molar-refractivity contribution in [1.82, 2.24) is 0 Å². The minimum Gasteiger partial charge on any atom is -0.480 e. The van der Waals surface area contributed by atoms with Crippen molar-refractivity contribution in [3.05, 3.63) is 0 Å². The lowest BCUT2D eigenvalue weighted by atomic mass is 10.3. The molecule has 0 fully saturated rings. The maximum atomic E-state index is 10.4. The van der Waals surface area contributed by atoms with Crippen molar-refractivity contribution in [2.75, 3.05) is 11.5 Å². The molecule has 0 aromatic carbocycles. The Morgan fingerprint density at radius 1 is 1.50 bits per heavy atom. The third-order valence-corrected chi connectivity index (χ3v) is 2.39. The van der Waals surface area contributed by atoms with E-state index in [4.69, 9.17) is 10.2 Å². The van der Waals surface area contributed by atoms with Crippen LogP contribution in [0.1, 0.15) is 0 Å². The van der Waals surface area contributed by atoms with Gasteiger partial charge in [0, 0.05) is 11.5 Å². The molecule has 5 nitrogen and oxygen atoms in total. The molecule has 0 amide bonds. The molecule has 1 rings (SSSR count). The number of thioether (sulfide) groups is 1. The highest BCUT2D eigenvalue weighted by Crippen LogP contribution is 2.13. The summed E-state index contributed by atoms with van der Waals surface area (Å²) in [7, 11) is 0. The first-order chi connectivity index (χ1) is 5.61. The quantitative estimate of drug-likeness (QED) is 0.623. The van der Waals surface area contributed by atoms with Crippen LogP contribution in [0, 0.1) is 0 Å². The number of hydrogen-bond acceptors (Lipinski definition) is 4. The maximum Gasteiger partial charge on any atom is 0.350 e. The monoisotopic (exact) mass is 189 g/mol. The first-order valence-electron chi connectivity index (χ1n) is 3.22. The SMILES string of the molecule is O=C(O)C1=NC(C(=O)O)CSC1. The first kappa shape index (κ1) is 9.05. The Hall–Kier alpha value is -1.04. The van der Waals surface area contributed by atoms with E-state index in [2.05, 4.69) is 4.99 Å². The van der Waals surface area contributed by atoms with Crippen LogP contribution in [0.4, 0.5) is 0 Å². The second-order valence-electron chi connectivity index (χ2n) is 2.25. The Balaban J connectivity index is 2.76. The smallest absolute Gasteiger partial charge is 0.350 e. The van der Waals surface area contributed by atoms with Crippen LogP contribution in [0.15, 0.2) is 4.99 Å². The second-order valence-corrected chi connectivity index (χ2v) is 3.28. The summed E-state index contributed by atoms with van der Waals surface area (Å²) in [6.45, 7) is 0. The van der Waals surface area contributed by atoms with Gasteiger partial charge in [0.05, 0.1) is 0 Å². The Labute approximate surface area is 72.5 Å². The van der Waals surface area contributed by atoms with Crippen LogP contribution in [0.25, 0.3) is 0 Å². The number of rotatable bonds is 2. The third kappa shape index (κ3) is 1.97. The number of carbonyl (C=O) groups is 2. The number of nitrogens with zero attached hydrogens (tertiary/aromatic N) is 1. The van der Waals surface area contributed by atoms with Crippen LogP contribution >= 0.6 is 11.8 Å². The highest BCUT2D eigenvalue weighted by Gasteiger charge is 2.24. The molecule has 12 heavy (non-hydrogen) atoms. The topological polar surface area (TPSA) is 87.0 Å². The highest BCUT2D eigenvalue weighted by atomic mass is 32.2. The third-order valence-electron chi connectivity index (χ3n) is 1.36. The minimum absolute atomic E-state index is 0.0568. The van der Waals surface area contributed by atoms with E-state index < -0.39 is 18.0 Å². The normalized spacial score (nSPS) is 23.0. The Kier molecular flexibility index (Phi) is 2.69. The van der Waals surface area contributed by atoms with Gasteiger partial charge in [0.2, 0.25) is 0 Å². The van der Waals surface area contributed by atoms with Crippen LogP contribution in [0.5, 0.6) is 0 Å².